The molecule has 112 valence electrons. The molecule has 0 radical (unpaired) electrons. The van der Waals surface area contributed by atoms with Crippen molar-refractivity contribution in [1.82, 2.24) is 5.16 Å². The maximum absolute atomic E-state index is 10.2. The third kappa shape index (κ3) is 3.09. The van der Waals surface area contributed by atoms with Gasteiger partial charge in [-0.2, -0.15) is 0 Å². The minimum absolute atomic E-state index is 0.382. The van der Waals surface area contributed by atoms with Crippen LogP contribution in [-0.4, -0.2) is 23.9 Å². The molecule has 0 amide bonds. The van der Waals surface area contributed by atoms with Crippen LogP contribution in [0.5, 0.6) is 0 Å². The van der Waals surface area contributed by atoms with Crippen LogP contribution in [0.15, 0.2) is 34.9 Å². The van der Waals surface area contributed by atoms with E-state index in [0.29, 0.717) is 13.2 Å². The Hall–Kier alpha value is -1.85. The molecule has 2 heterocycles. The first-order valence-electron chi connectivity index (χ1n) is 7.23. The second-order valence-corrected chi connectivity index (χ2v) is 5.36. The number of hydrogen-bond acceptors (Lipinski definition) is 5. The average molecular weight is 288 g/mol. The summed E-state index contributed by atoms with van der Waals surface area (Å²) in [5.41, 5.74) is 2.96. The van der Waals surface area contributed by atoms with Crippen LogP contribution < -0.4 is 4.90 Å². The minimum Gasteiger partial charge on any atom is -0.388 e. The maximum Gasteiger partial charge on any atom is 0.162 e. The van der Waals surface area contributed by atoms with E-state index in [1.807, 2.05) is 24.3 Å². The highest BCUT2D eigenvalue weighted by atomic mass is 16.5. The summed E-state index contributed by atoms with van der Waals surface area (Å²) in [5.74, 6) is 0.732. The first kappa shape index (κ1) is 14.1. The summed E-state index contributed by atoms with van der Waals surface area (Å²) in [5, 5.41) is 14.3. The molecule has 0 saturated carbocycles. The molecule has 0 fully saturated rings. The average Bonchev–Trinajstić information content (AvgIpc) is 2.87. The lowest BCUT2D eigenvalue weighted by atomic mass is 10.0. The number of methoxy groups -OCH3 is 1. The number of aromatic nitrogens is 1. The Morgan fingerprint density at radius 1 is 1.43 bits per heavy atom. The van der Waals surface area contributed by atoms with Gasteiger partial charge in [0.15, 0.2) is 5.76 Å². The molecule has 5 heteroatoms. The molecule has 21 heavy (non-hydrogen) atoms. The van der Waals surface area contributed by atoms with Gasteiger partial charge in [0, 0.05) is 31.0 Å². The number of nitrogens with zero attached hydrogens (tertiary/aromatic N) is 2. The number of hydrogen-bond donors (Lipinski definition) is 1. The van der Waals surface area contributed by atoms with Crippen LogP contribution in [0.2, 0.25) is 0 Å². The monoisotopic (exact) mass is 288 g/mol. The summed E-state index contributed by atoms with van der Waals surface area (Å²) in [7, 11) is 1.63. The Bertz CT molecular complexity index is 597. The molecule has 3 rings (SSSR count). The van der Waals surface area contributed by atoms with Gasteiger partial charge in [0.1, 0.15) is 12.3 Å². The molecule has 0 spiro atoms. The number of ether oxygens (including phenoxy) is 1. The number of rotatable bonds is 4. The fourth-order valence-electron chi connectivity index (χ4n) is 2.81. The zero-order valence-corrected chi connectivity index (χ0v) is 12.2. The predicted octanol–water partition coefficient (Wildman–Crippen LogP) is 2.65. The van der Waals surface area contributed by atoms with Gasteiger partial charge in [-0.3, -0.25) is 0 Å². The SMILES string of the molecule is COCc1cc(CN2CCCC(O)c3ccccc32)no1. The summed E-state index contributed by atoms with van der Waals surface area (Å²) in [4.78, 5) is 2.25. The van der Waals surface area contributed by atoms with E-state index in [4.69, 9.17) is 9.26 Å². The summed E-state index contributed by atoms with van der Waals surface area (Å²) >= 11 is 0. The van der Waals surface area contributed by atoms with Crippen LogP contribution in [0.3, 0.4) is 0 Å². The molecule has 1 aliphatic rings. The quantitative estimate of drug-likeness (QED) is 0.937. The molecular formula is C16H20N2O3. The smallest absolute Gasteiger partial charge is 0.162 e. The fraction of sp³-hybridized carbons (Fsp3) is 0.438. The molecule has 1 aliphatic heterocycles. The van der Waals surface area contributed by atoms with Crippen molar-refractivity contribution < 1.29 is 14.4 Å². The van der Waals surface area contributed by atoms with Crippen LogP contribution in [0.25, 0.3) is 0 Å². The van der Waals surface area contributed by atoms with Crippen molar-refractivity contribution in [2.45, 2.75) is 32.1 Å². The van der Waals surface area contributed by atoms with E-state index in [0.717, 1.165) is 42.1 Å². The van der Waals surface area contributed by atoms with Gasteiger partial charge in [0.2, 0.25) is 0 Å². The van der Waals surface area contributed by atoms with Gasteiger partial charge in [-0.15, -0.1) is 0 Å². The number of anilines is 1. The van der Waals surface area contributed by atoms with Crippen molar-refractivity contribution in [3.05, 3.63) is 47.3 Å². The fourth-order valence-corrected chi connectivity index (χ4v) is 2.81. The van der Waals surface area contributed by atoms with Crippen molar-refractivity contribution in [2.24, 2.45) is 0 Å². The lowest BCUT2D eigenvalue weighted by Gasteiger charge is -2.24. The van der Waals surface area contributed by atoms with Crippen LogP contribution in [-0.2, 0) is 17.9 Å². The first-order valence-corrected chi connectivity index (χ1v) is 7.23. The highest BCUT2D eigenvalue weighted by Crippen LogP contribution is 2.33. The van der Waals surface area contributed by atoms with E-state index >= 15 is 0 Å². The minimum atomic E-state index is -0.382. The van der Waals surface area contributed by atoms with Gasteiger partial charge >= 0.3 is 0 Å². The molecule has 0 saturated heterocycles. The van der Waals surface area contributed by atoms with E-state index in [1.165, 1.54) is 0 Å². The first-order chi connectivity index (χ1) is 10.3. The second-order valence-electron chi connectivity index (χ2n) is 5.36. The van der Waals surface area contributed by atoms with E-state index in [1.54, 1.807) is 7.11 Å². The standard InChI is InChI=1S/C16H20N2O3/c1-20-11-13-9-12(17-21-13)10-18-8-4-7-16(19)14-5-2-3-6-15(14)18/h2-3,5-6,9,16,19H,4,7-8,10-11H2,1H3. The third-order valence-electron chi connectivity index (χ3n) is 3.79. The molecule has 1 unspecified atom stereocenters. The van der Waals surface area contributed by atoms with Crippen LogP contribution >= 0.6 is 0 Å². The van der Waals surface area contributed by atoms with Gasteiger partial charge in [-0.1, -0.05) is 23.4 Å². The van der Waals surface area contributed by atoms with E-state index < -0.39 is 0 Å². The molecule has 1 N–H and O–H groups in total. The molecule has 2 aromatic rings. The van der Waals surface area contributed by atoms with Gasteiger partial charge in [0.05, 0.1) is 12.6 Å². The normalized spacial score (nSPS) is 18.4. The van der Waals surface area contributed by atoms with Crippen molar-refractivity contribution in [1.29, 1.82) is 0 Å². The van der Waals surface area contributed by atoms with Crippen molar-refractivity contribution >= 4 is 5.69 Å². The van der Waals surface area contributed by atoms with Gasteiger partial charge in [-0.05, 0) is 18.9 Å². The van der Waals surface area contributed by atoms with E-state index in [-0.39, 0.29) is 6.10 Å². The highest BCUT2D eigenvalue weighted by molar-refractivity contribution is 5.55. The second kappa shape index (κ2) is 6.28. The lowest BCUT2D eigenvalue weighted by molar-refractivity contribution is 0.156. The Morgan fingerprint density at radius 3 is 3.14 bits per heavy atom. The van der Waals surface area contributed by atoms with Crippen molar-refractivity contribution in [3.8, 4) is 0 Å². The van der Waals surface area contributed by atoms with Gasteiger partial charge < -0.3 is 19.3 Å². The topological polar surface area (TPSA) is 58.7 Å². The summed E-state index contributed by atoms with van der Waals surface area (Å²) < 4.78 is 10.3. The Balaban J connectivity index is 1.82. The highest BCUT2D eigenvalue weighted by Gasteiger charge is 2.21. The zero-order chi connectivity index (χ0) is 14.7. The molecule has 1 atom stereocenters. The number of fused-ring (bicyclic) bond motifs is 1. The van der Waals surface area contributed by atoms with Crippen molar-refractivity contribution in [3.63, 3.8) is 0 Å². The van der Waals surface area contributed by atoms with E-state index in [9.17, 15) is 5.11 Å². The summed E-state index contributed by atoms with van der Waals surface area (Å²) in [6.45, 7) is 2.01. The number of benzene rings is 1. The van der Waals surface area contributed by atoms with Crippen molar-refractivity contribution in [2.75, 3.05) is 18.6 Å². The number of aliphatic hydroxyl groups is 1. The Labute approximate surface area is 124 Å². The van der Waals surface area contributed by atoms with Gasteiger partial charge in [0.25, 0.3) is 0 Å². The zero-order valence-electron chi connectivity index (χ0n) is 12.2. The summed E-state index contributed by atoms with van der Waals surface area (Å²) in [6, 6.07) is 9.95. The Kier molecular flexibility index (Phi) is 4.22. The maximum atomic E-state index is 10.2. The number of aliphatic hydroxyl groups excluding tert-OH is 1. The van der Waals surface area contributed by atoms with Crippen LogP contribution in [0.4, 0.5) is 5.69 Å². The largest absolute Gasteiger partial charge is 0.388 e. The molecular weight excluding hydrogens is 268 g/mol. The molecule has 0 aliphatic carbocycles. The van der Waals surface area contributed by atoms with Crippen LogP contribution in [0.1, 0.15) is 36.0 Å². The van der Waals surface area contributed by atoms with Crippen LogP contribution in [0, 0.1) is 0 Å². The predicted molar refractivity (Wildman–Crippen MR) is 78.9 cm³/mol. The molecule has 5 nitrogen and oxygen atoms in total. The Morgan fingerprint density at radius 2 is 2.29 bits per heavy atom. The molecule has 1 aromatic heterocycles. The van der Waals surface area contributed by atoms with E-state index in [2.05, 4.69) is 16.1 Å². The summed E-state index contributed by atoms with van der Waals surface area (Å²) in [6.07, 6.45) is 1.37. The third-order valence-corrected chi connectivity index (χ3v) is 3.79. The number of para-hydroxylation sites is 1. The van der Waals surface area contributed by atoms with Gasteiger partial charge in [-0.25, -0.2) is 0 Å². The molecule has 1 aromatic carbocycles. The molecule has 0 bridgehead atoms. The lowest BCUT2D eigenvalue weighted by Crippen LogP contribution is -2.23.